The molecule has 1 nitrogen and oxygen atoms in total. The summed E-state index contributed by atoms with van der Waals surface area (Å²) in [4.78, 5) is 0. The normalized spacial score (nSPS) is 11.4. The largest absolute Gasteiger partial charge is 0.324 e. The molecule has 0 N–H and O–H groups in total. The summed E-state index contributed by atoms with van der Waals surface area (Å²) in [6.07, 6.45) is 4.24. The summed E-state index contributed by atoms with van der Waals surface area (Å²) in [5.74, 6) is 0.610. The van der Waals surface area contributed by atoms with Crippen molar-refractivity contribution in [2.75, 3.05) is 0 Å². The van der Waals surface area contributed by atoms with Crippen LogP contribution in [0, 0.1) is 6.92 Å². The zero-order chi connectivity index (χ0) is 9.42. The SMILES string of the molecule is Cc1ccn2ccc(C(C)C)cc12. The standard InChI is InChI=1S/C12H15N/c1-9(2)11-5-7-13-6-4-10(3)12(13)8-11/h4-9H,1-3H3. The van der Waals surface area contributed by atoms with E-state index in [-0.39, 0.29) is 0 Å². The Morgan fingerprint density at radius 1 is 1.15 bits per heavy atom. The Labute approximate surface area is 79.0 Å². The minimum Gasteiger partial charge on any atom is -0.324 e. The molecule has 2 heterocycles. The molecule has 0 unspecified atom stereocenters. The van der Waals surface area contributed by atoms with Crippen LogP contribution in [0.1, 0.15) is 30.9 Å². The second-order valence-corrected chi connectivity index (χ2v) is 3.91. The summed E-state index contributed by atoms with van der Waals surface area (Å²) in [6.45, 7) is 6.60. The van der Waals surface area contributed by atoms with Crippen LogP contribution in [0.2, 0.25) is 0 Å². The summed E-state index contributed by atoms with van der Waals surface area (Å²) in [5, 5.41) is 0. The van der Waals surface area contributed by atoms with Gasteiger partial charge >= 0.3 is 0 Å². The van der Waals surface area contributed by atoms with Crippen molar-refractivity contribution in [2.24, 2.45) is 0 Å². The van der Waals surface area contributed by atoms with Crippen molar-refractivity contribution < 1.29 is 0 Å². The van der Waals surface area contributed by atoms with Gasteiger partial charge in [0.05, 0.1) is 0 Å². The molecule has 0 fully saturated rings. The van der Waals surface area contributed by atoms with Gasteiger partial charge in [0.15, 0.2) is 0 Å². The Morgan fingerprint density at radius 3 is 2.54 bits per heavy atom. The van der Waals surface area contributed by atoms with Crippen LogP contribution < -0.4 is 0 Å². The molecule has 13 heavy (non-hydrogen) atoms. The van der Waals surface area contributed by atoms with E-state index in [0.29, 0.717) is 5.92 Å². The second-order valence-electron chi connectivity index (χ2n) is 3.91. The number of pyridine rings is 1. The monoisotopic (exact) mass is 173 g/mol. The van der Waals surface area contributed by atoms with Crippen LogP contribution in [0.3, 0.4) is 0 Å². The molecule has 68 valence electrons. The number of nitrogens with zero attached hydrogens (tertiary/aromatic N) is 1. The summed E-state index contributed by atoms with van der Waals surface area (Å²) in [5.41, 5.74) is 4.09. The van der Waals surface area contributed by atoms with Gasteiger partial charge in [0.2, 0.25) is 0 Å². The van der Waals surface area contributed by atoms with Crippen molar-refractivity contribution in [2.45, 2.75) is 26.7 Å². The first-order valence-corrected chi connectivity index (χ1v) is 4.75. The second kappa shape index (κ2) is 2.91. The Balaban J connectivity index is 2.66. The zero-order valence-corrected chi connectivity index (χ0v) is 8.41. The smallest absolute Gasteiger partial charge is 0.0481 e. The first kappa shape index (κ1) is 8.36. The summed E-state index contributed by atoms with van der Waals surface area (Å²) in [7, 11) is 0. The van der Waals surface area contributed by atoms with Gasteiger partial charge in [-0.1, -0.05) is 13.8 Å². The minimum absolute atomic E-state index is 0.610. The fraction of sp³-hybridized carbons (Fsp3) is 0.333. The van der Waals surface area contributed by atoms with Crippen LogP contribution in [0.5, 0.6) is 0 Å². The number of rotatable bonds is 1. The first-order chi connectivity index (χ1) is 6.18. The highest BCUT2D eigenvalue weighted by atomic mass is 14.8. The molecule has 0 saturated carbocycles. The third-order valence-electron chi connectivity index (χ3n) is 2.56. The minimum atomic E-state index is 0.610. The lowest BCUT2D eigenvalue weighted by molar-refractivity contribution is 0.863. The maximum Gasteiger partial charge on any atom is 0.0481 e. The Bertz CT molecular complexity index is 424. The van der Waals surface area contributed by atoms with Crippen molar-refractivity contribution in [1.29, 1.82) is 0 Å². The van der Waals surface area contributed by atoms with Crippen LogP contribution in [0.25, 0.3) is 5.52 Å². The molecule has 0 radical (unpaired) electrons. The highest BCUT2D eigenvalue weighted by Crippen LogP contribution is 2.19. The maximum atomic E-state index is 2.28. The lowest BCUT2D eigenvalue weighted by Gasteiger charge is -2.06. The molecular formula is C12H15N. The molecule has 2 rings (SSSR count). The number of aryl methyl sites for hydroxylation is 1. The highest BCUT2D eigenvalue weighted by Gasteiger charge is 2.02. The third kappa shape index (κ3) is 1.35. The lowest BCUT2D eigenvalue weighted by Crippen LogP contribution is -1.90. The molecule has 0 bridgehead atoms. The Kier molecular flexibility index (Phi) is 1.87. The first-order valence-electron chi connectivity index (χ1n) is 4.75. The van der Waals surface area contributed by atoms with Gasteiger partial charge in [0.1, 0.15) is 0 Å². The molecule has 0 saturated heterocycles. The van der Waals surface area contributed by atoms with E-state index in [1.165, 1.54) is 16.6 Å². The van der Waals surface area contributed by atoms with Crippen LogP contribution in [0.15, 0.2) is 30.6 Å². The predicted octanol–water partition coefficient (Wildman–Crippen LogP) is 3.37. The van der Waals surface area contributed by atoms with Crippen molar-refractivity contribution >= 4 is 5.52 Å². The molecule has 1 heteroatoms. The van der Waals surface area contributed by atoms with Crippen LogP contribution in [0.4, 0.5) is 0 Å². The average Bonchev–Trinajstić information content (AvgIpc) is 2.47. The number of aromatic nitrogens is 1. The summed E-state index contributed by atoms with van der Waals surface area (Å²) < 4.78 is 2.17. The van der Waals surface area contributed by atoms with Crippen molar-refractivity contribution in [3.63, 3.8) is 0 Å². The third-order valence-corrected chi connectivity index (χ3v) is 2.56. The van der Waals surface area contributed by atoms with E-state index >= 15 is 0 Å². The van der Waals surface area contributed by atoms with Gasteiger partial charge in [0, 0.05) is 17.9 Å². The topological polar surface area (TPSA) is 4.41 Å². The number of hydrogen-bond acceptors (Lipinski definition) is 0. The maximum absolute atomic E-state index is 2.28. The molecule has 2 aromatic rings. The van der Waals surface area contributed by atoms with E-state index in [1.807, 2.05) is 0 Å². The van der Waals surface area contributed by atoms with Crippen LogP contribution >= 0.6 is 0 Å². The van der Waals surface area contributed by atoms with E-state index in [2.05, 4.69) is 55.8 Å². The molecular weight excluding hydrogens is 158 g/mol. The van der Waals surface area contributed by atoms with Gasteiger partial charge < -0.3 is 4.40 Å². The molecule has 2 aromatic heterocycles. The van der Waals surface area contributed by atoms with Gasteiger partial charge in [-0.05, 0) is 42.2 Å². The highest BCUT2D eigenvalue weighted by molar-refractivity contribution is 5.56. The van der Waals surface area contributed by atoms with Crippen molar-refractivity contribution in [1.82, 2.24) is 4.40 Å². The van der Waals surface area contributed by atoms with Gasteiger partial charge in [0.25, 0.3) is 0 Å². The van der Waals surface area contributed by atoms with Crippen molar-refractivity contribution in [3.8, 4) is 0 Å². The number of fused-ring (bicyclic) bond motifs is 1. The Morgan fingerprint density at radius 2 is 1.85 bits per heavy atom. The number of hydrogen-bond donors (Lipinski definition) is 0. The Hall–Kier alpha value is -1.24. The molecule has 0 atom stereocenters. The van der Waals surface area contributed by atoms with E-state index in [0.717, 1.165) is 0 Å². The van der Waals surface area contributed by atoms with Crippen LogP contribution in [-0.4, -0.2) is 4.40 Å². The van der Waals surface area contributed by atoms with Crippen molar-refractivity contribution in [3.05, 3.63) is 41.7 Å². The van der Waals surface area contributed by atoms with Gasteiger partial charge in [-0.25, -0.2) is 0 Å². The van der Waals surface area contributed by atoms with E-state index in [4.69, 9.17) is 0 Å². The van der Waals surface area contributed by atoms with Gasteiger partial charge in [-0.15, -0.1) is 0 Å². The molecule has 0 aliphatic rings. The molecule has 0 amide bonds. The van der Waals surface area contributed by atoms with E-state index in [9.17, 15) is 0 Å². The average molecular weight is 173 g/mol. The zero-order valence-electron chi connectivity index (χ0n) is 8.41. The molecule has 0 aliphatic carbocycles. The summed E-state index contributed by atoms with van der Waals surface area (Å²) in [6, 6.07) is 6.62. The predicted molar refractivity (Wildman–Crippen MR) is 56.2 cm³/mol. The fourth-order valence-corrected chi connectivity index (χ4v) is 1.61. The molecule has 0 aromatic carbocycles. The fourth-order valence-electron chi connectivity index (χ4n) is 1.61. The summed E-state index contributed by atoms with van der Waals surface area (Å²) >= 11 is 0. The quantitative estimate of drug-likeness (QED) is 0.622. The molecule has 0 aliphatic heterocycles. The lowest BCUT2D eigenvalue weighted by atomic mass is 10.0. The van der Waals surface area contributed by atoms with E-state index in [1.54, 1.807) is 0 Å². The van der Waals surface area contributed by atoms with Gasteiger partial charge in [-0.2, -0.15) is 0 Å². The van der Waals surface area contributed by atoms with Crippen LogP contribution in [-0.2, 0) is 0 Å². The molecule has 0 spiro atoms. The van der Waals surface area contributed by atoms with Gasteiger partial charge in [-0.3, -0.25) is 0 Å². The van der Waals surface area contributed by atoms with E-state index < -0.39 is 0 Å².